The monoisotopic (exact) mass is 498 g/mol. The molecule has 34 heavy (non-hydrogen) atoms. The molecule has 0 amide bonds. The molecule has 4 rings (SSSR count). The second-order valence-electron chi connectivity index (χ2n) is 7.70. The molecule has 0 aliphatic carbocycles. The fourth-order valence-corrected chi connectivity index (χ4v) is 5.65. The molecule has 0 bridgehead atoms. The highest BCUT2D eigenvalue weighted by molar-refractivity contribution is 7.10. The van der Waals surface area contributed by atoms with Gasteiger partial charge in [-0.15, -0.1) is 11.3 Å². The van der Waals surface area contributed by atoms with E-state index in [-0.39, 0.29) is 5.56 Å². The minimum absolute atomic E-state index is 0.210. The van der Waals surface area contributed by atoms with Gasteiger partial charge < -0.3 is 14.2 Å². The Hall–Kier alpha value is -3.17. The van der Waals surface area contributed by atoms with Gasteiger partial charge in [-0.05, 0) is 48.6 Å². The van der Waals surface area contributed by atoms with Crippen LogP contribution in [-0.2, 0) is 9.53 Å². The van der Waals surface area contributed by atoms with Gasteiger partial charge in [-0.1, -0.05) is 36.8 Å². The van der Waals surface area contributed by atoms with Gasteiger partial charge in [-0.2, -0.15) is 0 Å². The molecule has 1 atom stereocenters. The van der Waals surface area contributed by atoms with Gasteiger partial charge in [-0.3, -0.25) is 9.36 Å². The van der Waals surface area contributed by atoms with Crippen molar-refractivity contribution in [1.82, 2.24) is 4.57 Å². The minimum atomic E-state index is -0.574. The lowest BCUT2D eigenvalue weighted by atomic mass is 10.0. The van der Waals surface area contributed by atoms with E-state index in [1.54, 1.807) is 18.6 Å². The van der Waals surface area contributed by atoms with Crippen LogP contribution in [0.5, 0.6) is 11.5 Å². The van der Waals surface area contributed by atoms with E-state index in [0.29, 0.717) is 38.7 Å². The normalized spacial score (nSPS) is 15.6. The van der Waals surface area contributed by atoms with Crippen LogP contribution in [0.1, 0.15) is 43.2 Å². The molecular weight excluding hydrogens is 472 g/mol. The second-order valence-corrected chi connectivity index (χ2v) is 9.69. The van der Waals surface area contributed by atoms with Gasteiger partial charge in [0, 0.05) is 4.88 Å². The molecule has 0 saturated carbocycles. The molecule has 3 heterocycles. The lowest BCUT2D eigenvalue weighted by molar-refractivity contribution is -0.136. The first kappa shape index (κ1) is 24.0. The molecule has 0 spiro atoms. The Bertz CT molecular complexity index is 1400. The first-order valence-corrected chi connectivity index (χ1v) is 12.6. The Morgan fingerprint density at radius 2 is 2.06 bits per heavy atom. The van der Waals surface area contributed by atoms with E-state index in [2.05, 4.69) is 11.9 Å². The summed E-state index contributed by atoms with van der Waals surface area (Å²) in [7, 11) is 2.93. The number of ether oxygens (including phenoxy) is 3. The molecule has 1 aliphatic rings. The fourth-order valence-electron chi connectivity index (χ4n) is 3.78. The molecule has 0 fully saturated rings. The number of thiazole rings is 1. The van der Waals surface area contributed by atoms with Crippen molar-refractivity contribution in [3.63, 3.8) is 0 Å². The zero-order chi connectivity index (χ0) is 24.2. The Morgan fingerprint density at radius 1 is 1.24 bits per heavy atom. The highest BCUT2D eigenvalue weighted by Gasteiger charge is 2.33. The summed E-state index contributed by atoms with van der Waals surface area (Å²) in [5.74, 6) is 0.792. The molecule has 0 radical (unpaired) electrons. The second kappa shape index (κ2) is 10.4. The number of hydrogen-bond donors (Lipinski definition) is 0. The van der Waals surface area contributed by atoms with E-state index >= 15 is 0 Å². The van der Waals surface area contributed by atoms with Crippen molar-refractivity contribution in [2.45, 2.75) is 32.7 Å². The number of carbonyl (C=O) groups is 1. The quantitative estimate of drug-likeness (QED) is 0.350. The van der Waals surface area contributed by atoms with Gasteiger partial charge in [0.1, 0.15) is 6.04 Å². The zero-order valence-corrected chi connectivity index (χ0v) is 21.1. The van der Waals surface area contributed by atoms with E-state index < -0.39 is 12.0 Å². The number of nitrogens with zero attached hydrogens (tertiary/aromatic N) is 2. The molecule has 0 unspecified atom stereocenters. The number of rotatable bonds is 8. The van der Waals surface area contributed by atoms with Crippen LogP contribution in [0.2, 0.25) is 0 Å². The highest BCUT2D eigenvalue weighted by atomic mass is 32.1. The Kier molecular flexibility index (Phi) is 7.33. The average molecular weight is 499 g/mol. The summed E-state index contributed by atoms with van der Waals surface area (Å²) in [6.45, 7) is 4.50. The Morgan fingerprint density at radius 3 is 2.74 bits per heavy atom. The van der Waals surface area contributed by atoms with Crippen LogP contribution in [0.4, 0.5) is 0 Å². The van der Waals surface area contributed by atoms with Gasteiger partial charge in [0.25, 0.3) is 5.56 Å². The lowest BCUT2D eigenvalue weighted by Crippen LogP contribution is -2.39. The number of carbonyl (C=O) groups excluding carboxylic acids is 1. The van der Waals surface area contributed by atoms with Crippen LogP contribution in [-0.4, -0.2) is 31.4 Å². The van der Waals surface area contributed by atoms with Crippen molar-refractivity contribution in [3.05, 3.63) is 77.1 Å². The number of benzene rings is 1. The van der Waals surface area contributed by atoms with Crippen molar-refractivity contribution in [1.29, 1.82) is 0 Å². The molecule has 0 saturated heterocycles. The molecule has 178 valence electrons. The number of thiophene rings is 1. The lowest BCUT2D eigenvalue weighted by Gasteiger charge is -2.22. The van der Waals surface area contributed by atoms with E-state index in [1.807, 2.05) is 41.8 Å². The summed E-state index contributed by atoms with van der Waals surface area (Å²) in [5.41, 5.74) is 1.52. The summed E-state index contributed by atoms with van der Waals surface area (Å²) >= 11 is 2.78. The molecule has 1 aliphatic heterocycles. The number of allylic oxidation sites excluding steroid dienone is 1. The summed E-state index contributed by atoms with van der Waals surface area (Å²) in [4.78, 5) is 32.1. The van der Waals surface area contributed by atoms with Crippen LogP contribution < -0.4 is 24.4 Å². The number of hydrogen-bond acceptors (Lipinski definition) is 8. The number of aromatic nitrogens is 1. The molecule has 1 aromatic carbocycles. The maximum absolute atomic E-state index is 13.5. The van der Waals surface area contributed by atoms with Crippen molar-refractivity contribution in [2.75, 3.05) is 20.8 Å². The third kappa shape index (κ3) is 4.58. The van der Waals surface area contributed by atoms with Crippen LogP contribution in [0.15, 0.2) is 56.8 Å². The van der Waals surface area contributed by atoms with Crippen LogP contribution >= 0.6 is 22.7 Å². The van der Waals surface area contributed by atoms with E-state index in [0.717, 1.165) is 23.3 Å². The third-order valence-electron chi connectivity index (χ3n) is 5.48. The predicted molar refractivity (Wildman–Crippen MR) is 133 cm³/mol. The van der Waals surface area contributed by atoms with Gasteiger partial charge in [0.05, 0.1) is 36.6 Å². The number of unbranched alkanes of at least 4 members (excludes halogenated alkanes) is 1. The van der Waals surface area contributed by atoms with Crippen molar-refractivity contribution in [3.8, 4) is 11.5 Å². The van der Waals surface area contributed by atoms with Crippen molar-refractivity contribution < 1.29 is 19.0 Å². The first-order chi connectivity index (χ1) is 16.5. The third-order valence-corrected chi connectivity index (χ3v) is 7.39. The minimum Gasteiger partial charge on any atom is -0.493 e. The molecule has 3 aromatic rings. The first-order valence-electron chi connectivity index (χ1n) is 10.9. The summed E-state index contributed by atoms with van der Waals surface area (Å²) in [6, 6.07) is 8.83. The number of esters is 1. The SMILES string of the molecule is CCCCOc1ccc(/C=c2/sc3n(c2=O)[C@@H](c2cccs2)C(C(=O)OC)=C(C)N=3)cc1OC. The van der Waals surface area contributed by atoms with Gasteiger partial charge >= 0.3 is 5.97 Å². The van der Waals surface area contributed by atoms with Gasteiger partial charge in [0.15, 0.2) is 16.3 Å². The Labute approximate surface area is 205 Å². The molecular formula is C25H26N2O5S2. The van der Waals surface area contributed by atoms with E-state index in [4.69, 9.17) is 14.2 Å². The maximum Gasteiger partial charge on any atom is 0.338 e. The van der Waals surface area contributed by atoms with E-state index in [1.165, 1.54) is 29.8 Å². The zero-order valence-electron chi connectivity index (χ0n) is 19.5. The average Bonchev–Trinajstić information content (AvgIpc) is 3.47. The molecule has 9 heteroatoms. The maximum atomic E-state index is 13.5. The van der Waals surface area contributed by atoms with E-state index in [9.17, 15) is 9.59 Å². The smallest absolute Gasteiger partial charge is 0.338 e. The standard InChI is InChI=1S/C25H26N2O5S2/c1-5-6-11-32-17-10-9-16(13-18(17)30-3)14-20-23(28)27-22(19-8-7-12-33-19)21(24(29)31-4)15(2)26-25(27)34-20/h7-10,12-14,22H,5-6,11H2,1-4H3/b20-14+/t22-/m0/s1. The summed E-state index contributed by atoms with van der Waals surface area (Å²) < 4.78 is 18.4. The molecule has 2 aromatic heterocycles. The van der Waals surface area contributed by atoms with Crippen LogP contribution in [0.3, 0.4) is 0 Å². The van der Waals surface area contributed by atoms with Gasteiger partial charge in [0.2, 0.25) is 0 Å². The fraction of sp³-hybridized carbons (Fsp3) is 0.320. The van der Waals surface area contributed by atoms with Gasteiger partial charge in [-0.25, -0.2) is 9.79 Å². The molecule has 7 nitrogen and oxygen atoms in total. The topological polar surface area (TPSA) is 79.1 Å². The summed E-state index contributed by atoms with van der Waals surface area (Å²) in [6.07, 6.45) is 3.82. The van der Waals surface area contributed by atoms with Crippen molar-refractivity contribution in [2.24, 2.45) is 4.99 Å². The number of fused-ring (bicyclic) bond motifs is 1. The largest absolute Gasteiger partial charge is 0.493 e. The number of methoxy groups -OCH3 is 2. The summed E-state index contributed by atoms with van der Waals surface area (Å²) in [5, 5.41) is 1.92. The van der Waals surface area contributed by atoms with Crippen molar-refractivity contribution >= 4 is 34.7 Å². The molecule has 0 N–H and O–H groups in total. The van der Waals surface area contributed by atoms with Crippen LogP contribution in [0.25, 0.3) is 6.08 Å². The predicted octanol–water partition coefficient (Wildman–Crippen LogP) is 3.66. The van der Waals surface area contributed by atoms with Crippen LogP contribution in [0, 0.1) is 0 Å². The Balaban J connectivity index is 1.81. The highest BCUT2D eigenvalue weighted by Crippen LogP contribution is 2.33.